The Balaban J connectivity index is 1.15. The first-order valence-corrected chi connectivity index (χ1v) is 24.6. The third-order valence-electron chi connectivity index (χ3n) is 12.9. The number of fused-ring (bicyclic) bond motifs is 3. The standard InChI is InChI=1S/C45H59N7O8S2/c1-25(2)52(26(3)4)44(56)48-33-13-11-9-7-8-10-12-29-22-45(29,43(55)50-62(57,58)31-16-17-31)49-40(53)36-20-30(23-51(36)42(33)54)60-38-21-34(41-47-35(24-61-41)28-14-15-28)46-39-27(5)37(59-6)19-18-32(38)39/h10,12,18-19,21,24-26,28-31,33,36H,7-9,11,13-17,20,22-23H2,1-6H3,(H,48,56)(H,49,53)(H,50,55)/b12-10-/t29-,30-,33+,36+,45-/m1/s1. The molecule has 3 saturated carbocycles. The summed E-state index contributed by atoms with van der Waals surface area (Å²) in [5, 5.41) is 8.91. The second-order valence-corrected chi connectivity index (χ2v) is 21.1. The van der Waals surface area contributed by atoms with E-state index in [-0.39, 0.29) is 37.5 Å². The van der Waals surface area contributed by atoms with Gasteiger partial charge in [-0.15, -0.1) is 11.3 Å². The van der Waals surface area contributed by atoms with Crippen LogP contribution in [-0.4, -0.2) is 107 Å². The number of hydrogen-bond donors (Lipinski definition) is 3. The van der Waals surface area contributed by atoms with Crippen molar-refractivity contribution in [3.63, 3.8) is 0 Å². The molecule has 2 aromatic heterocycles. The van der Waals surface area contributed by atoms with Gasteiger partial charge in [0.2, 0.25) is 21.8 Å². The van der Waals surface area contributed by atoms with Crippen LogP contribution in [0.15, 0.2) is 35.7 Å². The molecule has 0 radical (unpaired) electrons. The van der Waals surface area contributed by atoms with Crippen molar-refractivity contribution < 1.29 is 37.1 Å². The first-order chi connectivity index (χ1) is 29.6. The number of hydrogen-bond acceptors (Lipinski definition) is 11. The van der Waals surface area contributed by atoms with Gasteiger partial charge in [-0.25, -0.2) is 23.2 Å². The molecule has 3 aliphatic carbocycles. The number of urea groups is 1. The fourth-order valence-corrected chi connectivity index (χ4v) is 11.3. The summed E-state index contributed by atoms with van der Waals surface area (Å²) in [4.78, 5) is 70.6. The Morgan fingerprint density at radius 3 is 2.47 bits per heavy atom. The lowest BCUT2D eigenvalue weighted by Crippen LogP contribution is -2.59. The summed E-state index contributed by atoms with van der Waals surface area (Å²) in [6, 6.07) is 2.92. The average molecular weight is 890 g/mol. The van der Waals surface area contributed by atoms with E-state index >= 15 is 0 Å². The third-order valence-corrected chi connectivity index (χ3v) is 15.6. The van der Waals surface area contributed by atoms with Crippen LogP contribution in [-0.2, 0) is 24.4 Å². The average Bonchev–Trinajstić information content (AvgIpc) is 4.18. The van der Waals surface area contributed by atoms with Gasteiger partial charge in [0.1, 0.15) is 45.9 Å². The van der Waals surface area contributed by atoms with Crippen molar-refractivity contribution in [3.05, 3.63) is 47.0 Å². The van der Waals surface area contributed by atoms with Crippen molar-refractivity contribution >= 4 is 56.0 Å². The molecule has 1 aromatic carbocycles. The van der Waals surface area contributed by atoms with Crippen molar-refractivity contribution in [3.8, 4) is 22.2 Å². The van der Waals surface area contributed by atoms with E-state index in [1.54, 1.807) is 12.0 Å². The molecule has 3 N–H and O–H groups in total. The summed E-state index contributed by atoms with van der Waals surface area (Å²) >= 11 is 1.53. The van der Waals surface area contributed by atoms with E-state index in [1.165, 1.54) is 16.2 Å². The van der Waals surface area contributed by atoms with Crippen molar-refractivity contribution in [1.29, 1.82) is 0 Å². The lowest BCUT2D eigenvalue weighted by Gasteiger charge is -2.34. The summed E-state index contributed by atoms with van der Waals surface area (Å²) < 4.78 is 40.8. The van der Waals surface area contributed by atoms with E-state index in [1.807, 2.05) is 65.0 Å². The number of carbonyl (C=O) groups excluding carboxylic acids is 4. The molecular formula is C45H59N7O8S2. The number of thiazole rings is 1. The molecule has 3 aromatic rings. The number of ether oxygens (including phenoxy) is 2. The number of allylic oxidation sites excluding steroid dienone is 1. The Morgan fingerprint density at radius 1 is 1.02 bits per heavy atom. The molecule has 0 unspecified atom stereocenters. The van der Waals surface area contributed by atoms with Gasteiger partial charge in [-0.05, 0) is 98.1 Å². The maximum absolute atomic E-state index is 15.0. The van der Waals surface area contributed by atoms with Crippen LogP contribution in [0.2, 0.25) is 0 Å². The van der Waals surface area contributed by atoms with E-state index in [0.29, 0.717) is 60.7 Å². The minimum absolute atomic E-state index is 0.0112. The molecule has 5 aliphatic rings. The van der Waals surface area contributed by atoms with E-state index in [2.05, 4.69) is 20.7 Å². The summed E-state index contributed by atoms with van der Waals surface area (Å²) in [7, 11) is -2.30. The van der Waals surface area contributed by atoms with E-state index in [4.69, 9.17) is 19.4 Å². The van der Waals surface area contributed by atoms with Gasteiger partial charge >= 0.3 is 6.03 Å². The lowest BCUT2D eigenvalue weighted by atomic mass is 10.0. The van der Waals surface area contributed by atoms with Gasteiger partial charge in [0, 0.05) is 52.7 Å². The van der Waals surface area contributed by atoms with Crippen LogP contribution in [0.4, 0.5) is 4.79 Å². The number of aromatic nitrogens is 2. The molecule has 5 amide bonds. The normalized spacial score (nSPS) is 26.2. The van der Waals surface area contributed by atoms with Crippen LogP contribution in [0.3, 0.4) is 0 Å². The van der Waals surface area contributed by atoms with Crippen molar-refractivity contribution in [2.45, 2.75) is 152 Å². The van der Waals surface area contributed by atoms with Gasteiger partial charge in [0.25, 0.3) is 5.91 Å². The highest BCUT2D eigenvalue weighted by Gasteiger charge is 2.62. The van der Waals surface area contributed by atoms with Gasteiger partial charge in [0.15, 0.2) is 0 Å². The van der Waals surface area contributed by atoms with Crippen LogP contribution in [0.25, 0.3) is 21.6 Å². The van der Waals surface area contributed by atoms with E-state index in [9.17, 15) is 27.6 Å². The summed E-state index contributed by atoms with van der Waals surface area (Å²) in [5.74, 6) is -0.596. The largest absolute Gasteiger partial charge is 0.496 e. The highest BCUT2D eigenvalue weighted by atomic mass is 32.2. The zero-order valence-corrected chi connectivity index (χ0v) is 38.1. The summed E-state index contributed by atoms with van der Waals surface area (Å²) in [6.45, 7) is 9.64. The molecular weight excluding hydrogens is 831 g/mol. The van der Waals surface area contributed by atoms with Crippen molar-refractivity contribution in [1.82, 2.24) is 35.1 Å². The monoisotopic (exact) mass is 889 g/mol. The number of amides is 5. The predicted molar refractivity (Wildman–Crippen MR) is 236 cm³/mol. The number of methoxy groups -OCH3 is 1. The Bertz CT molecular complexity index is 2370. The number of aryl methyl sites for hydroxylation is 1. The van der Waals surface area contributed by atoms with E-state index < -0.39 is 62.6 Å². The molecule has 62 heavy (non-hydrogen) atoms. The molecule has 1 saturated heterocycles. The van der Waals surface area contributed by atoms with Crippen LogP contribution < -0.4 is 24.8 Å². The SMILES string of the molecule is COc1ccc2c(O[C@@H]3C[C@H]4C(=O)N[C@]5(C(=O)NS(=O)(=O)C6CC6)C[C@H]5/C=C\CCCCC[C@H](NC(=O)N(C(C)C)C(C)C)C(=O)N4C3)cc(-c3nc(C4CC4)cs3)nc2c1C. The molecule has 334 valence electrons. The van der Waals surface area contributed by atoms with Crippen molar-refractivity contribution in [2.24, 2.45) is 5.92 Å². The predicted octanol–water partition coefficient (Wildman–Crippen LogP) is 6.10. The molecule has 5 atom stereocenters. The quantitative estimate of drug-likeness (QED) is 0.190. The molecule has 8 rings (SSSR count). The van der Waals surface area contributed by atoms with Gasteiger partial charge in [0.05, 0.1) is 30.1 Å². The number of benzene rings is 1. The zero-order valence-electron chi connectivity index (χ0n) is 36.4. The highest BCUT2D eigenvalue weighted by molar-refractivity contribution is 7.91. The molecule has 0 bridgehead atoms. The number of nitrogens with one attached hydrogen (secondary N) is 3. The van der Waals surface area contributed by atoms with Crippen LogP contribution in [0, 0.1) is 12.8 Å². The number of sulfonamides is 1. The highest BCUT2D eigenvalue weighted by Crippen LogP contribution is 2.47. The summed E-state index contributed by atoms with van der Waals surface area (Å²) in [6.07, 6.45) is 9.95. The Morgan fingerprint density at radius 2 is 1.77 bits per heavy atom. The van der Waals surface area contributed by atoms with Crippen LogP contribution >= 0.6 is 11.3 Å². The maximum atomic E-state index is 15.0. The van der Waals surface area contributed by atoms with Gasteiger partial charge in [-0.1, -0.05) is 25.0 Å². The fraction of sp³-hybridized carbons (Fsp3) is 0.600. The Kier molecular flexibility index (Phi) is 12.3. The second-order valence-electron chi connectivity index (χ2n) is 18.2. The number of pyridine rings is 1. The Hall–Kier alpha value is -4.77. The second kappa shape index (κ2) is 17.4. The van der Waals surface area contributed by atoms with Crippen LogP contribution in [0.1, 0.15) is 115 Å². The van der Waals surface area contributed by atoms with Crippen molar-refractivity contribution in [2.75, 3.05) is 13.7 Å². The maximum Gasteiger partial charge on any atom is 0.318 e. The molecule has 15 nitrogen and oxygen atoms in total. The number of carbonyl (C=O) groups is 4. The Labute approximate surface area is 367 Å². The smallest absolute Gasteiger partial charge is 0.318 e. The first-order valence-electron chi connectivity index (χ1n) is 22.1. The zero-order chi connectivity index (χ0) is 44.1. The molecule has 0 spiro atoms. The molecule has 17 heteroatoms. The minimum atomic E-state index is -3.91. The summed E-state index contributed by atoms with van der Waals surface area (Å²) in [5.41, 5.74) is 1.67. The molecule has 4 heterocycles. The van der Waals surface area contributed by atoms with Gasteiger partial charge in [-0.3, -0.25) is 19.1 Å². The van der Waals surface area contributed by atoms with Gasteiger partial charge < -0.3 is 29.9 Å². The number of rotatable bonds is 11. The molecule has 2 aliphatic heterocycles. The van der Waals surface area contributed by atoms with Gasteiger partial charge in [-0.2, -0.15) is 0 Å². The first kappa shape index (κ1) is 43.9. The minimum Gasteiger partial charge on any atom is -0.496 e. The number of nitrogens with zero attached hydrogens (tertiary/aromatic N) is 4. The topological polar surface area (TPSA) is 189 Å². The lowest BCUT2D eigenvalue weighted by molar-refractivity contribution is -0.141. The third kappa shape index (κ3) is 9.01. The van der Waals surface area contributed by atoms with Crippen LogP contribution in [0.5, 0.6) is 11.5 Å². The molecule has 4 fully saturated rings. The van der Waals surface area contributed by atoms with E-state index in [0.717, 1.165) is 47.3 Å². The fourth-order valence-electron chi connectivity index (χ4n) is 9.09.